The highest BCUT2D eigenvalue weighted by Crippen LogP contribution is 2.32. The molecule has 4 nitrogen and oxygen atoms in total. The molecule has 84 valence electrons. The van der Waals surface area contributed by atoms with Gasteiger partial charge in [0.15, 0.2) is 5.82 Å². The van der Waals surface area contributed by atoms with Crippen molar-refractivity contribution in [1.82, 2.24) is 10.2 Å². The first kappa shape index (κ1) is 10.9. The Balaban J connectivity index is 2.26. The second kappa shape index (κ2) is 4.48. The van der Waals surface area contributed by atoms with Gasteiger partial charge >= 0.3 is 0 Å². The molecule has 0 spiro atoms. The molecule has 1 aromatic heterocycles. The standard InChI is InChI=1S/C12H16N4/c1-9(2)16(8-10-3-4-10)12-11(7-13)5-6-14-15-12/h5-6,9-10H,3-4,8H2,1-2H3. The van der Waals surface area contributed by atoms with Gasteiger partial charge in [-0.1, -0.05) is 0 Å². The van der Waals surface area contributed by atoms with E-state index in [-0.39, 0.29) is 0 Å². The van der Waals surface area contributed by atoms with Gasteiger partial charge in [0.1, 0.15) is 6.07 Å². The van der Waals surface area contributed by atoms with Crippen molar-refractivity contribution in [2.24, 2.45) is 5.92 Å². The maximum atomic E-state index is 9.05. The number of hydrogen-bond acceptors (Lipinski definition) is 4. The van der Waals surface area contributed by atoms with E-state index in [0.717, 1.165) is 18.3 Å². The van der Waals surface area contributed by atoms with Crippen LogP contribution < -0.4 is 4.90 Å². The summed E-state index contributed by atoms with van der Waals surface area (Å²) in [5, 5.41) is 17.0. The summed E-state index contributed by atoms with van der Waals surface area (Å²) in [5.41, 5.74) is 0.615. The molecular weight excluding hydrogens is 200 g/mol. The topological polar surface area (TPSA) is 52.8 Å². The summed E-state index contributed by atoms with van der Waals surface area (Å²) in [5.74, 6) is 1.50. The minimum atomic E-state index is 0.351. The first-order valence-electron chi connectivity index (χ1n) is 5.70. The third-order valence-electron chi connectivity index (χ3n) is 2.87. The van der Waals surface area contributed by atoms with Crippen molar-refractivity contribution >= 4 is 5.82 Å². The van der Waals surface area contributed by atoms with E-state index < -0.39 is 0 Å². The number of hydrogen-bond donors (Lipinski definition) is 0. The predicted molar refractivity (Wildman–Crippen MR) is 62.0 cm³/mol. The molecule has 2 rings (SSSR count). The number of aromatic nitrogens is 2. The molecule has 0 saturated heterocycles. The summed E-state index contributed by atoms with van der Waals surface area (Å²) in [4.78, 5) is 2.18. The smallest absolute Gasteiger partial charge is 0.169 e. The van der Waals surface area contributed by atoms with Crippen LogP contribution in [-0.2, 0) is 0 Å². The Morgan fingerprint density at radius 1 is 1.56 bits per heavy atom. The fourth-order valence-corrected chi connectivity index (χ4v) is 1.74. The highest BCUT2D eigenvalue weighted by molar-refractivity contribution is 5.53. The summed E-state index contributed by atoms with van der Waals surface area (Å²) in [6.07, 6.45) is 4.16. The maximum absolute atomic E-state index is 9.05. The molecule has 0 bridgehead atoms. The quantitative estimate of drug-likeness (QED) is 0.772. The number of rotatable bonds is 4. The second-order valence-electron chi connectivity index (χ2n) is 4.57. The van der Waals surface area contributed by atoms with Gasteiger partial charge in [-0.05, 0) is 38.7 Å². The highest BCUT2D eigenvalue weighted by atomic mass is 15.3. The SMILES string of the molecule is CC(C)N(CC1CC1)c1nnccc1C#N. The van der Waals surface area contributed by atoms with E-state index in [4.69, 9.17) is 5.26 Å². The number of nitriles is 1. The second-order valence-corrected chi connectivity index (χ2v) is 4.57. The molecule has 0 aliphatic heterocycles. The summed E-state index contributed by atoms with van der Waals surface area (Å²) >= 11 is 0. The zero-order valence-corrected chi connectivity index (χ0v) is 9.72. The van der Waals surface area contributed by atoms with Gasteiger partial charge in [-0.3, -0.25) is 0 Å². The summed E-state index contributed by atoms with van der Waals surface area (Å²) in [6, 6.07) is 4.26. The van der Waals surface area contributed by atoms with Gasteiger partial charge in [-0.25, -0.2) is 0 Å². The van der Waals surface area contributed by atoms with Crippen LogP contribution in [0.5, 0.6) is 0 Å². The lowest BCUT2D eigenvalue weighted by molar-refractivity contribution is 0.631. The largest absolute Gasteiger partial charge is 0.351 e. The monoisotopic (exact) mass is 216 g/mol. The molecule has 0 N–H and O–H groups in total. The van der Waals surface area contributed by atoms with Crippen LogP contribution in [0, 0.1) is 17.2 Å². The highest BCUT2D eigenvalue weighted by Gasteiger charge is 2.27. The molecular formula is C12H16N4. The van der Waals surface area contributed by atoms with Crippen LogP contribution in [0.2, 0.25) is 0 Å². The van der Waals surface area contributed by atoms with Crippen molar-refractivity contribution in [2.45, 2.75) is 32.7 Å². The van der Waals surface area contributed by atoms with Crippen LogP contribution in [0.4, 0.5) is 5.82 Å². The van der Waals surface area contributed by atoms with Crippen LogP contribution in [0.3, 0.4) is 0 Å². The van der Waals surface area contributed by atoms with E-state index in [0.29, 0.717) is 11.6 Å². The van der Waals surface area contributed by atoms with Gasteiger partial charge in [0.05, 0.1) is 11.8 Å². The van der Waals surface area contributed by atoms with Crippen molar-refractivity contribution in [2.75, 3.05) is 11.4 Å². The number of nitrogens with zero attached hydrogens (tertiary/aromatic N) is 4. The minimum Gasteiger partial charge on any atom is -0.351 e. The fourth-order valence-electron chi connectivity index (χ4n) is 1.74. The van der Waals surface area contributed by atoms with Crippen molar-refractivity contribution in [3.63, 3.8) is 0 Å². The van der Waals surface area contributed by atoms with Crippen LogP contribution in [0.1, 0.15) is 32.3 Å². The lowest BCUT2D eigenvalue weighted by Crippen LogP contribution is -2.34. The van der Waals surface area contributed by atoms with E-state index >= 15 is 0 Å². The zero-order valence-electron chi connectivity index (χ0n) is 9.72. The molecule has 0 radical (unpaired) electrons. The van der Waals surface area contributed by atoms with E-state index in [1.165, 1.54) is 12.8 Å². The van der Waals surface area contributed by atoms with Gasteiger partial charge in [-0.15, -0.1) is 5.10 Å². The number of anilines is 1. The Bertz CT molecular complexity index is 404. The molecule has 1 aliphatic carbocycles. The third kappa shape index (κ3) is 2.30. The van der Waals surface area contributed by atoms with Crippen molar-refractivity contribution in [3.8, 4) is 6.07 Å². The van der Waals surface area contributed by atoms with E-state index in [2.05, 4.69) is 35.0 Å². The Morgan fingerprint density at radius 3 is 2.88 bits per heavy atom. The van der Waals surface area contributed by atoms with Crippen molar-refractivity contribution in [1.29, 1.82) is 5.26 Å². The van der Waals surface area contributed by atoms with Gasteiger partial charge in [0, 0.05) is 12.6 Å². The average Bonchev–Trinajstić information content (AvgIpc) is 3.09. The van der Waals surface area contributed by atoms with Crippen molar-refractivity contribution < 1.29 is 0 Å². The molecule has 1 aliphatic rings. The molecule has 16 heavy (non-hydrogen) atoms. The van der Waals surface area contributed by atoms with E-state index in [1.54, 1.807) is 12.3 Å². The Morgan fingerprint density at radius 2 is 2.31 bits per heavy atom. The van der Waals surface area contributed by atoms with Gasteiger partial charge < -0.3 is 4.90 Å². The Kier molecular flexibility index (Phi) is 3.04. The first-order chi connectivity index (χ1) is 7.72. The van der Waals surface area contributed by atoms with Gasteiger partial charge in [0.25, 0.3) is 0 Å². The first-order valence-corrected chi connectivity index (χ1v) is 5.70. The van der Waals surface area contributed by atoms with E-state index in [1.807, 2.05) is 0 Å². The molecule has 4 heteroatoms. The summed E-state index contributed by atoms with van der Waals surface area (Å²) in [6.45, 7) is 5.24. The summed E-state index contributed by atoms with van der Waals surface area (Å²) < 4.78 is 0. The van der Waals surface area contributed by atoms with Gasteiger partial charge in [-0.2, -0.15) is 10.4 Å². The molecule has 0 atom stereocenters. The Hall–Kier alpha value is -1.63. The predicted octanol–water partition coefficient (Wildman–Crippen LogP) is 1.97. The average molecular weight is 216 g/mol. The maximum Gasteiger partial charge on any atom is 0.169 e. The molecule has 0 amide bonds. The van der Waals surface area contributed by atoms with Crippen LogP contribution in [-0.4, -0.2) is 22.8 Å². The summed E-state index contributed by atoms with van der Waals surface area (Å²) in [7, 11) is 0. The Labute approximate surface area is 95.9 Å². The molecule has 0 unspecified atom stereocenters. The molecule has 0 aromatic carbocycles. The fraction of sp³-hybridized carbons (Fsp3) is 0.583. The molecule has 1 fully saturated rings. The van der Waals surface area contributed by atoms with Crippen LogP contribution >= 0.6 is 0 Å². The van der Waals surface area contributed by atoms with Crippen LogP contribution in [0.25, 0.3) is 0 Å². The van der Waals surface area contributed by atoms with Crippen LogP contribution in [0.15, 0.2) is 12.3 Å². The molecule has 1 saturated carbocycles. The third-order valence-corrected chi connectivity index (χ3v) is 2.87. The van der Waals surface area contributed by atoms with Crippen molar-refractivity contribution in [3.05, 3.63) is 17.8 Å². The molecule has 1 heterocycles. The van der Waals surface area contributed by atoms with E-state index in [9.17, 15) is 0 Å². The molecule has 1 aromatic rings. The lowest BCUT2D eigenvalue weighted by atomic mass is 10.2. The van der Waals surface area contributed by atoms with Gasteiger partial charge in [0.2, 0.25) is 0 Å². The lowest BCUT2D eigenvalue weighted by Gasteiger charge is -2.27. The minimum absolute atomic E-state index is 0.351. The normalized spacial score (nSPS) is 14.9. The zero-order chi connectivity index (χ0) is 11.5.